The van der Waals surface area contributed by atoms with E-state index in [-0.39, 0.29) is 0 Å². The molecule has 2 heteroatoms. The van der Waals surface area contributed by atoms with Gasteiger partial charge in [-0.15, -0.1) is 0 Å². The topological polar surface area (TPSA) is 3.24 Å². The van der Waals surface area contributed by atoms with Crippen LogP contribution in [0.25, 0.3) is 0 Å². The largest absolute Gasteiger partial charge is 0.346 e. The zero-order valence-corrected chi connectivity index (χ0v) is 15.2. The minimum atomic E-state index is 0.404. The summed E-state index contributed by atoms with van der Waals surface area (Å²) in [5, 5.41) is 0. The first-order valence-electron chi connectivity index (χ1n) is 8.48. The van der Waals surface area contributed by atoms with Crippen LogP contribution in [0.2, 0.25) is 6.82 Å². The van der Waals surface area contributed by atoms with Crippen molar-refractivity contribution in [3.05, 3.63) is 84.1 Å². The van der Waals surface area contributed by atoms with Gasteiger partial charge in [0.25, 0.3) is 0 Å². The van der Waals surface area contributed by atoms with Crippen LogP contribution in [-0.4, -0.2) is 18.7 Å². The normalized spacial score (nSPS) is 15.6. The molecule has 122 valence electrons. The summed E-state index contributed by atoms with van der Waals surface area (Å²) in [5.41, 5.74) is 5.03. The highest BCUT2D eigenvalue weighted by Gasteiger charge is 2.22. The van der Waals surface area contributed by atoms with Crippen molar-refractivity contribution in [1.82, 2.24) is 4.90 Å². The Labute approximate surface area is 143 Å². The molecule has 0 aliphatic heterocycles. The van der Waals surface area contributed by atoms with Crippen LogP contribution in [0.5, 0.6) is 0 Å². The molecule has 1 rings (SSSR count). The molecular weight excluding hydrogens is 277 g/mol. The van der Waals surface area contributed by atoms with E-state index in [0.29, 0.717) is 6.71 Å². The number of hydrogen-bond acceptors (Lipinski definition) is 1. The predicted molar refractivity (Wildman–Crippen MR) is 106 cm³/mol. The average Bonchev–Trinajstić information content (AvgIpc) is 2.58. The van der Waals surface area contributed by atoms with E-state index < -0.39 is 0 Å². The number of hydrogen-bond donors (Lipinski definition) is 0. The molecule has 0 unspecified atom stereocenters. The highest BCUT2D eigenvalue weighted by Crippen LogP contribution is 2.28. The summed E-state index contributed by atoms with van der Waals surface area (Å²) >= 11 is 0. The Kier molecular flexibility index (Phi) is 8.25. The first-order chi connectivity index (χ1) is 11.0. The molecule has 0 aromatic rings. The fraction of sp³-hybridized carbons (Fsp3) is 0.333. The Morgan fingerprint density at radius 1 is 1.30 bits per heavy atom. The van der Waals surface area contributed by atoms with Crippen LogP contribution >= 0.6 is 0 Å². The summed E-state index contributed by atoms with van der Waals surface area (Å²) in [7, 11) is 2.09. The maximum atomic E-state index is 4.16. The lowest BCUT2D eigenvalue weighted by Gasteiger charge is -2.30. The van der Waals surface area contributed by atoms with Crippen LogP contribution < -0.4 is 0 Å². The molecule has 1 aliphatic carbocycles. The summed E-state index contributed by atoms with van der Waals surface area (Å²) < 4.78 is 0. The highest BCUT2D eigenvalue weighted by molar-refractivity contribution is 6.73. The van der Waals surface area contributed by atoms with Gasteiger partial charge in [0, 0.05) is 18.4 Å². The molecule has 0 spiro atoms. The fourth-order valence-corrected chi connectivity index (χ4v) is 2.60. The highest BCUT2D eigenvalue weighted by atomic mass is 15.1. The van der Waals surface area contributed by atoms with E-state index in [1.807, 2.05) is 12.2 Å². The van der Waals surface area contributed by atoms with Crippen molar-refractivity contribution >= 4 is 6.71 Å². The Morgan fingerprint density at radius 2 is 2.00 bits per heavy atom. The molecule has 0 bridgehead atoms. The average molecular weight is 307 g/mol. The van der Waals surface area contributed by atoms with Gasteiger partial charge in [-0.1, -0.05) is 87.3 Å². The van der Waals surface area contributed by atoms with Crippen LogP contribution in [0, 0.1) is 0 Å². The van der Waals surface area contributed by atoms with E-state index in [1.165, 1.54) is 16.6 Å². The van der Waals surface area contributed by atoms with Gasteiger partial charge in [-0.2, -0.15) is 0 Å². The van der Waals surface area contributed by atoms with Crippen LogP contribution in [0.4, 0.5) is 0 Å². The third kappa shape index (κ3) is 5.63. The lowest BCUT2D eigenvalue weighted by Crippen LogP contribution is -2.26. The van der Waals surface area contributed by atoms with Gasteiger partial charge in [0.2, 0.25) is 6.71 Å². The maximum Gasteiger partial charge on any atom is 0.203 e. The Bertz CT molecular complexity index is 573. The van der Waals surface area contributed by atoms with E-state index in [1.54, 1.807) is 6.08 Å². The number of rotatable bonds is 8. The monoisotopic (exact) mass is 307 g/mol. The molecule has 0 heterocycles. The van der Waals surface area contributed by atoms with E-state index in [4.69, 9.17) is 0 Å². The van der Waals surface area contributed by atoms with Gasteiger partial charge in [0.15, 0.2) is 0 Å². The van der Waals surface area contributed by atoms with Gasteiger partial charge in [0.05, 0.1) is 0 Å². The second kappa shape index (κ2) is 9.94. The summed E-state index contributed by atoms with van der Waals surface area (Å²) in [5.74, 6) is 0. The lowest BCUT2D eigenvalue weighted by molar-refractivity contribution is 0.546. The van der Waals surface area contributed by atoms with Crippen molar-refractivity contribution in [3.63, 3.8) is 0 Å². The standard InChI is InChI=1S/C21H30BN/c1-7-9-11-14-18(3)22(5)20-16-12-13-17-21(20)23(6)19(4)15-10-8-2/h8-11,14-17H,2,4,7,12-13H2,1,3,5-6H3/b11-9-,15-10-,18-14+. The molecule has 0 saturated heterocycles. The molecular formula is C21H30BN. The van der Waals surface area contributed by atoms with E-state index in [0.717, 1.165) is 25.0 Å². The summed E-state index contributed by atoms with van der Waals surface area (Å²) in [6, 6.07) is 0. The molecule has 1 aliphatic rings. The number of likely N-dealkylation sites (N-methyl/N-ethyl adjacent to an activating group) is 1. The lowest BCUT2D eigenvalue weighted by atomic mass is 9.40. The minimum Gasteiger partial charge on any atom is -0.346 e. The van der Waals surface area contributed by atoms with E-state index in [9.17, 15) is 0 Å². The number of allylic oxidation sites excluding steroid dienone is 10. The van der Waals surface area contributed by atoms with Crippen LogP contribution in [0.3, 0.4) is 0 Å². The van der Waals surface area contributed by atoms with E-state index >= 15 is 0 Å². The third-order valence-corrected chi connectivity index (χ3v) is 4.26. The van der Waals surface area contributed by atoms with Gasteiger partial charge < -0.3 is 4.90 Å². The van der Waals surface area contributed by atoms with Crippen molar-refractivity contribution in [1.29, 1.82) is 0 Å². The minimum absolute atomic E-state index is 0.404. The molecule has 23 heavy (non-hydrogen) atoms. The first-order valence-corrected chi connectivity index (χ1v) is 8.48. The van der Waals surface area contributed by atoms with Crippen molar-refractivity contribution < 1.29 is 0 Å². The van der Waals surface area contributed by atoms with Crippen molar-refractivity contribution in [2.75, 3.05) is 7.05 Å². The van der Waals surface area contributed by atoms with Gasteiger partial charge in [-0.05, 0) is 25.3 Å². The van der Waals surface area contributed by atoms with Gasteiger partial charge in [-0.25, -0.2) is 0 Å². The zero-order valence-electron chi connectivity index (χ0n) is 15.2. The summed E-state index contributed by atoms with van der Waals surface area (Å²) in [6.45, 7) is 14.9. The summed E-state index contributed by atoms with van der Waals surface area (Å²) in [6.07, 6.45) is 20.3. The molecule has 0 N–H and O–H groups in total. The van der Waals surface area contributed by atoms with Crippen LogP contribution in [0.1, 0.15) is 33.1 Å². The van der Waals surface area contributed by atoms with Gasteiger partial charge >= 0.3 is 0 Å². The number of nitrogens with zero attached hydrogens (tertiary/aromatic N) is 1. The van der Waals surface area contributed by atoms with Crippen LogP contribution in [0.15, 0.2) is 84.1 Å². The van der Waals surface area contributed by atoms with E-state index in [2.05, 4.69) is 76.2 Å². The molecule has 0 atom stereocenters. The molecule has 0 radical (unpaired) electrons. The maximum absolute atomic E-state index is 4.16. The van der Waals surface area contributed by atoms with Crippen LogP contribution in [-0.2, 0) is 0 Å². The Balaban J connectivity index is 2.98. The SMILES string of the molecule is C=C/C=C\C(=C)N(C)C1=CCCC=C1B(C)/C(C)=C/C=C\CC. The van der Waals surface area contributed by atoms with Gasteiger partial charge in [-0.3, -0.25) is 0 Å². The molecule has 0 fully saturated rings. The van der Waals surface area contributed by atoms with Gasteiger partial charge in [0.1, 0.15) is 0 Å². The summed E-state index contributed by atoms with van der Waals surface area (Å²) in [4.78, 5) is 2.18. The predicted octanol–water partition coefficient (Wildman–Crippen LogP) is 5.89. The third-order valence-electron chi connectivity index (χ3n) is 4.26. The quantitative estimate of drug-likeness (QED) is 0.399. The first kappa shape index (κ1) is 19.1. The zero-order chi connectivity index (χ0) is 17.2. The van der Waals surface area contributed by atoms with Crippen molar-refractivity contribution in [2.45, 2.75) is 39.9 Å². The molecule has 0 saturated carbocycles. The fourth-order valence-electron chi connectivity index (χ4n) is 2.60. The Hall–Kier alpha value is -1.96. The smallest absolute Gasteiger partial charge is 0.203 e. The molecule has 0 aromatic heterocycles. The Morgan fingerprint density at radius 3 is 2.65 bits per heavy atom. The second-order valence-electron chi connectivity index (χ2n) is 5.94. The molecule has 1 nitrogen and oxygen atoms in total. The van der Waals surface area contributed by atoms with Crippen molar-refractivity contribution in [3.8, 4) is 0 Å². The second-order valence-corrected chi connectivity index (χ2v) is 5.94. The van der Waals surface area contributed by atoms with Crippen molar-refractivity contribution in [2.24, 2.45) is 0 Å². The molecule has 0 amide bonds. The molecule has 0 aromatic carbocycles.